The van der Waals surface area contributed by atoms with Gasteiger partial charge in [-0.1, -0.05) is 36.4 Å². The van der Waals surface area contributed by atoms with Crippen LogP contribution in [0.15, 0.2) is 72.9 Å². The topological polar surface area (TPSA) is 45.2 Å². The molecule has 1 aromatic heterocycles. The number of benzene rings is 2. The van der Waals surface area contributed by atoms with Gasteiger partial charge in [0.05, 0.1) is 11.1 Å². The number of rotatable bonds is 5. The minimum absolute atomic E-state index is 0.193. The third-order valence-electron chi connectivity index (χ3n) is 4.08. The fourth-order valence-electron chi connectivity index (χ4n) is 2.66. The van der Waals surface area contributed by atoms with Crippen LogP contribution in [0.2, 0.25) is 0 Å². The minimum Gasteiger partial charge on any atom is -0.340 e. The third kappa shape index (κ3) is 4.88. The third-order valence-corrected chi connectivity index (χ3v) is 4.08. The van der Waals surface area contributed by atoms with Crippen LogP contribution in [0, 0.1) is 0 Å². The van der Waals surface area contributed by atoms with E-state index in [0.717, 1.165) is 17.7 Å². The van der Waals surface area contributed by atoms with Gasteiger partial charge < -0.3 is 10.2 Å². The number of amides is 1. The van der Waals surface area contributed by atoms with Gasteiger partial charge in [-0.25, -0.2) is 4.98 Å². The zero-order chi connectivity index (χ0) is 20.1. The van der Waals surface area contributed by atoms with Crippen molar-refractivity contribution >= 4 is 17.4 Å². The van der Waals surface area contributed by atoms with Gasteiger partial charge >= 0.3 is 6.18 Å². The van der Waals surface area contributed by atoms with Crippen molar-refractivity contribution in [1.82, 2.24) is 9.88 Å². The Bertz CT molecular complexity index is 941. The molecule has 0 fully saturated rings. The van der Waals surface area contributed by atoms with Crippen molar-refractivity contribution in [3.63, 3.8) is 0 Å². The highest BCUT2D eigenvalue weighted by Crippen LogP contribution is 2.31. The molecule has 3 aromatic rings. The predicted octanol–water partition coefficient (Wildman–Crippen LogP) is 5.12. The monoisotopic (exact) mass is 385 g/mol. The van der Waals surface area contributed by atoms with Gasteiger partial charge in [0, 0.05) is 25.5 Å². The number of anilines is 2. The lowest BCUT2D eigenvalue weighted by Gasteiger charge is -2.17. The Hall–Kier alpha value is -3.35. The average molecular weight is 385 g/mol. The molecule has 0 saturated heterocycles. The second-order valence-electron chi connectivity index (χ2n) is 6.28. The molecule has 0 saturated carbocycles. The molecule has 0 aliphatic carbocycles. The molecule has 144 valence electrons. The van der Waals surface area contributed by atoms with E-state index in [1.165, 1.54) is 18.3 Å². The maximum absolute atomic E-state index is 12.8. The van der Waals surface area contributed by atoms with E-state index in [-0.39, 0.29) is 11.6 Å². The Morgan fingerprint density at radius 2 is 1.79 bits per heavy atom. The van der Waals surface area contributed by atoms with Gasteiger partial charge in [0.25, 0.3) is 5.91 Å². The van der Waals surface area contributed by atoms with E-state index in [9.17, 15) is 18.0 Å². The Balaban J connectivity index is 1.67. The first-order chi connectivity index (χ1) is 13.3. The second kappa shape index (κ2) is 8.12. The summed E-state index contributed by atoms with van der Waals surface area (Å²) < 4.78 is 38.4. The fraction of sp³-hybridized carbons (Fsp3) is 0.143. The van der Waals surface area contributed by atoms with E-state index in [1.807, 2.05) is 30.3 Å². The molecule has 0 atom stereocenters. The average Bonchev–Trinajstić information content (AvgIpc) is 2.68. The number of nitrogens with zero attached hydrogens (tertiary/aromatic N) is 2. The number of nitrogens with one attached hydrogen (secondary N) is 1. The molecule has 0 aliphatic heterocycles. The molecule has 1 N–H and O–H groups in total. The summed E-state index contributed by atoms with van der Waals surface area (Å²) in [6, 6.07) is 17.6. The van der Waals surface area contributed by atoms with Crippen molar-refractivity contribution in [1.29, 1.82) is 0 Å². The molecule has 7 heteroatoms. The number of alkyl halides is 3. The molecular formula is C21H18F3N3O. The summed E-state index contributed by atoms with van der Waals surface area (Å²) in [6.45, 7) is 0.462. The van der Waals surface area contributed by atoms with Gasteiger partial charge in [0.2, 0.25) is 0 Å². The summed E-state index contributed by atoms with van der Waals surface area (Å²) in [5, 5.41) is 2.82. The largest absolute Gasteiger partial charge is 0.416 e. The first-order valence-corrected chi connectivity index (χ1v) is 8.52. The zero-order valence-electron chi connectivity index (χ0n) is 15.1. The number of aromatic nitrogens is 1. The molecule has 1 amide bonds. The summed E-state index contributed by atoms with van der Waals surface area (Å²) >= 11 is 0. The van der Waals surface area contributed by atoms with Gasteiger partial charge in [0.15, 0.2) is 0 Å². The van der Waals surface area contributed by atoms with Crippen molar-refractivity contribution in [2.24, 2.45) is 0 Å². The van der Waals surface area contributed by atoms with Gasteiger partial charge in [-0.3, -0.25) is 4.79 Å². The Kier molecular flexibility index (Phi) is 5.63. The van der Waals surface area contributed by atoms with E-state index in [0.29, 0.717) is 17.9 Å². The Morgan fingerprint density at radius 1 is 1.04 bits per heavy atom. The highest BCUT2D eigenvalue weighted by molar-refractivity contribution is 5.93. The van der Waals surface area contributed by atoms with Crippen LogP contribution in [0.1, 0.15) is 21.5 Å². The quantitative estimate of drug-likeness (QED) is 0.663. The lowest BCUT2D eigenvalue weighted by atomic mass is 10.2. The lowest BCUT2D eigenvalue weighted by Crippen LogP contribution is -2.26. The number of hydrogen-bond donors (Lipinski definition) is 1. The van der Waals surface area contributed by atoms with Crippen LogP contribution in [0.4, 0.5) is 24.7 Å². The predicted molar refractivity (Wildman–Crippen MR) is 101 cm³/mol. The minimum atomic E-state index is -4.41. The molecule has 0 unspecified atom stereocenters. The van der Waals surface area contributed by atoms with Crippen LogP contribution in [-0.4, -0.2) is 22.8 Å². The second-order valence-corrected chi connectivity index (χ2v) is 6.28. The number of carbonyl (C=O) groups is 1. The van der Waals surface area contributed by atoms with E-state index < -0.39 is 11.7 Å². The van der Waals surface area contributed by atoms with Crippen molar-refractivity contribution in [2.75, 3.05) is 12.4 Å². The standard InChI is InChI=1S/C21H18F3N3O/c1-27(14-15-6-3-2-4-7-15)20(28)16-10-11-19(25-13-16)26-18-9-5-8-17(12-18)21(22,23)24/h2-13H,14H2,1H3,(H,25,26). The molecular weight excluding hydrogens is 367 g/mol. The maximum atomic E-state index is 12.8. The molecule has 4 nitrogen and oxygen atoms in total. The summed E-state index contributed by atoms with van der Waals surface area (Å²) in [5.74, 6) is 0.156. The molecule has 0 radical (unpaired) electrons. The first kappa shape index (κ1) is 19.4. The van der Waals surface area contributed by atoms with Crippen molar-refractivity contribution < 1.29 is 18.0 Å². The number of hydrogen-bond acceptors (Lipinski definition) is 3. The molecule has 0 bridgehead atoms. The summed E-state index contributed by atoms with van der Waals surface area (Å²) in [5.41, 5.74) is 0.927. The van der Waals surface area contributed by atoms with Crippen LogP contribution in [0.3, 0.4) is 0 Å². The first-order valence-electron chi connectivity index (χ1n) is 8.52. The Labute approximate surface area is 160 Å². The number of pyridine rings is 1. The molecule has 2 aromatic carbocycles. The van der Waals surface area contributed by atoms with E-state index >= 15 is 0 Å². The van der Waals surface area contributed by atoms with Crippen molar-refractivity contribution in [2.45, 2.75) is 12.7 Å². The van der Waals surface area contributed by atoms with Crippen LogP contribution >= 0.6 is 0 Å². The van der Waals surface area contributed by atoms with Gasteiger partial charge in [0.1, 0.15) is 5.82 Å². The van der Waals surface area contributed by atoms with E-state index in [1.54, 1.807) is 24.1 Å². The summed E-state index contributed by atoms with van der Waals surface area (Å²) in [6.07, 6.45) is -3.01. The van der Waals surface area contributed by atoms with Gasteiger partial charge in [-0.2, -0.15) is 13.2 Å². The number of halogens is 3. The van der Waals surface area contributed by atoms with Crippen LogP contribution in [0.5, 0.6) is 0 Å². The normalized spacial score (nSPS) is 11.1. The van der Waals surface area contributed by atoms with E-state index in [2.05, 4.69) is 10.3 Å². The van der Waals surface area contributed by atoms with Crippen LogP contribution < -0.4 is 5.32 Å². The highest BCUT2D eigenvalue weighted by Gasteiger charge is 2.30. The summed E-state index contributed by atoms with van der Waals surface area (Å²) in [7, 11) is 1.70. The fourth-order valence-corrected chi connectivity index (χ4v) is 2.66. The summed E-state index contributed by atoms with van der Waals surface area (Å²) in [4.78, 5) is 18.2. The molecule has 0 spiro atoms. The SMILES string of the molecule is CN(Cc1ccccc1)C(=O)c1ccc(Nc2cccc(C(F)(F)F)c2)nc1. The van der Waals surface area contributed by atoms with Crippen molar-refractivity contribution in [3.05, 3.63) is 89.6 Å². The van der Waals surface area contributed by atoms with Crippen LogP contribution in [-0.2, 0) is 12.7 Å². The number of carbonyl (C=O) groups excluding carboxylic acids is 1. The van der Waals surface area contributed by atoms with Crippen molar-refractivity contribution in [3.8, 4) is 0 Å². The van der Waals surface area contributed by atoms with Gasteiger partial charge in [-0.05, 0) is 35.9 Å². The molecule has 3 rings (SSSR count). The molecule has 1 heterocycles. The molecule has 0 aliphatic rings. The van der Waals surface area contributed by atoms with E-state index in [4.69, 9.17) is 0 Å². The maximum Gasteiger partial charge on any atom is 0.416 e. The Morgan fingerprint density at radius 3 is 2.43 bits per heavy atom. The lowest BCUT2D eigenvalue weighted by molar-refractivity contribution is -0.137. The molecule has 28 heavy (non-hydrogen) atoms. The highest BCUT2D eigenvalue weighted by atomic mass is 19.4. The smallest absolute Gasteiger partial charge is 0.340 e. The van der Waals surface area contributed by atoms with Crippen LogP contribution in [0.25, 0.3) is 0 Å². The zero-order valence-corrected chi connectivity index (χ0v) is 15.1. The van der Waals surface area contributed by atoms with Gasteiger partial charge in [-0.15, -0.1) is 0 Å².